The van der Waals surface area contributed by atoms with Crippen molar-refractivity contribution in [1.82, 2.24) is 19.5 Å². The molecule has 2 aromatic heterocycles. The van der Waals surface area contributed by atoms with Gasteiger partial charge >= 0.3 is 0 Å². The summed E-state index contributed by atoms with van der Waals surface area (Å²) in [5.41, 5.74) is 4.39. The average molecular weight is 438 g/mol. The van der Waals surface area contributed by atoms with E-state index in [1.165, 1.54) is 22.5 Å². The molecule has 0 unspecified atom stereocenters. The van der Waals surface area contributed by atoms with Gasteiger partial charge in [-0.25, -0.2) is 9.50 Å². The lowest BCUT2D eigenvalue weighted by atomic mass is 10.1. The molecule has 0 saturated heterocycles. The highest BCUT2D eigenvalue weighted by molar-refractivity contribution is 7.20. The van der Waals surface area contributed by atoms with Gasteiger partial charge in [0.1, 0.15) is 0 Å². The zero-order valence-corrected chi connectivity index (χ0v) is 17.8. The highest BCUT2D eigenvalue weighted by Gasteiger charge is 2.22. The Bertz CT molecular complexity index is 1140. The van der Waals surface area contributed by atoms with E-state index in [0.29, 0.717) is 18.0 Å². The van der Waals surface area contributed by atoms with Crippen LogP contribution in [0.1, 0.15) is 24.0 Å². The van der Waals surface area contributed by atoms with Crippen molar-refractivity contribution < 1.29 is 4.79 Å². The SMILES string of the molecule is O=C(CCCNc1nn2cc(-c3ccc(Cl)cc3)nc2s1)N1Cc2ccccc2C1. The largest absolute Gasteiger partial charge is 0.360 e. The van der Waals surface area contributed by atoms with Gasteiger partial charge in [-0.2, -0.15) is 0 Å². The van der Waals surface area contributed by atoms with E-state index in [2.05, 4.69) is 27.5 Å². The first-order valence-corrected chi connectivity index (χ1v) is 11.1. The minimum Gasteiger partial charge on any atom is -0.360 e. The summed E-state index contributed by atoms with van der Waals surface area (Å²) in [5, 5.41) is 9.36. The van der Waals surface area contributed by atoms with Gasteiger partial charge in [0.25, 0.3) is 0 Å². The van der Waals surface area contributed by atoms with E-state index in [0.717, 1.165) is 40.9 Å². The Labute approximate surface area is 183 Å². The van der Waals surface area contributed by atoms with Gasteiger partial charge in [-0.15, -0.1) is 5.10 Å². The molecule has 6 nitrogen and oxygen atoms in total. The van der Waals surface area contributed by atoms with Crippen molar-refractivity contribution in [2.75, 3.05) is 11.9 Å². The molecular formula is C22H20ClN5OS. The fourth-order valence-corrected chi connectivity index (χ4v) is 4.57. The first-order chi connectivity index (χ1) is 14.7. The Hall–Kier alpha value is -2.90. The number of carbonyl (C=O) groups is 1. The molecule has 1 N–H and O–H groups in total. The number of hydrogen-bond donors (Lipinski definition) is 1. The third kappa shape index (κ3) is 3.91. The van der Waals surface area contributed by atoms with Gasteiger partial charge in [-0.3, -0.25) is 4.79 Å². The molecule has 1 amide bonds. The number of anilines is 1. The minimum absolute atomic E-state index is 0.203. The number of halogens is 1. The van der Waals surface area contributed by atoms with E-state index in [1.807, 2.05) is 47.5 Å². The van der Waals surface area contributed by atoms with E-state index in [-0.39, 0.29) is 5.91 Å². The third-order valence-corrected chi connectivity index (χ3v) is 6.35. The Balaban J connectivity index is 1.12. The van der Waals surface area contributed by atoms with E-state index < -0.39 is 0 Å². The molecule has 8 heteroatoms. The van der Waals surface area contributed by atoms with Crippen molar-refractivity contribution in [3.8, 4) is 11.3 Å². The lowest BCUT2D eigenvalue weighted by molar-refractivity contribution is -0.131. The molecule has 152 valence electrons. The van der Waals surface area contributed by atoms with Crippen LogP contribution in [-0.4, -0.2) is 31.9 Å². The molecule has 0 aliphatic carbocycles. The molecule has 1 aliphatic heterocycles. The van der Waals surface area contributed by atoms with Crippen LogP contribution in [0.4, 0.5) is 5.13 Å². The summed E-state index contributed by atoms with van der Waals surface area (Å²) >= 11 is 7.45. The molecule has 5 rings (SSSR count). The predicted molar refractivity (Wildman–Crippen MR) is 120 cm³/mol. The quantitative estimate of drug-likeness (QED) is 0.438. The molecule has 0 saturated carbocycles. The van der Waals surface area contributed by atoms with Gasteiger partial charge < -0.3 is 10.2 Å². The third-order valence-electron chi connectivity index (χ3n) is 5.22. The minimum atomic E-state index is 0.203. The Kier molecular flexibility index (Phi) is 5.14. The Morgan fingerprint density at radius 1 is 1.10 bits per heavy atom. The smallest absolute Gasteiger partial charge is 0.223 e. The maximum atomic E-state index is 12.5. The highest BCUT2D eigenvalue weighted by atomic mass is 35.5. The maximum Gasteiger partial charge on any atom is 0.223 e. The fourth-order valence-electron chi connectivity index (χ4n) is 3.63. The van der Waals surface area contributed by atoms with Crippen LogP contribution in [0.3, 0.4) is 0 Å². The van der Waals surface area contributed by atoms with Crippen molar-refractivity contribution in [2.24, 2.45) is 0 Å². The van der Waals surface area contributed by atoms with Crippen LogP contribution in [0, 0.1) is 0 Å². The second-order valence-corrected chi connectivity index (χ2v) is 8.71. The Morgan fingerprint density at radius 2 is 1.83 bits per heavy atom. The van der Waals surface area contributed by atoms with Gasteiger partial charge in [-0.05, 0) is 29.7 Å². The van der Waals surface area contributed by atoms with Crippen molar-refractivity contribution >= 4 is 38.9 Å². The number of amides is 1. The van der Waals surface area contributed by atoms with Crippen LogP contribution in [-0.2, 0) is 17.9 Å². The lowest BCUT2D eigenvalue weighted by Crippen LogP contribution is -2.25. The monoisotopic (exact) mass is 437 g/mol. The summed E-state index contributed by atoms with van der Waals surface area (Å²) < 4.78 is 1.78. The number of hydrogen-bond acceptors (Lipinski definition) is 5. The second-order valence-electron chi connectivity index (χ2n) is 7.32. The topological polar surface area (TPSA) is 62.5 Å². The normalized spacial score (nSPS) is 13.0. The molecule has 0 atom stereocenters. The molecule has 0 radical (unpaired) electrons. The van der Waals surface area contributed by atoms with Crippen molar-refractivity contribution in [1.29, 1.82) is 0 Å². The van der Waals surface area contributed by atoms with Crippen LogP contribution >= 0.6 is 22.9 Å². The van der Waals surface area contributed by atoms with Gasteiger partial charge in [-0.1, -0.05) is 59.3 Å². The molecule has 0 fully saturated rings. The molecule has 4 aromatic rings. The van der Waals surface area contributed by atoms with Crippen LogP contribution in [0.15, 0.2) is 54.7 Å². The summed E-state index contributed by atoms with van der Waals surface area (Å²) in [5.74, 6) is 0.203. The number of benzene rings is 2. The number of aromatic nitrogens is 3. The van der Waals surface area contributed by atoms with E-state index in [9.17, 15) is 4.79 Å². The fraction of sp³-hybridized carbons (Fsp3) is 0.227. The lowest BCUT2D eigenvalue weighted by Gasteiger charge is -2.15. The molecular weight excluding hydrogens is 418 g/mol. The van der Waals surface area contributed by atoms with E-state index in [1.54, 1.807) is 4.52 Å². The van der Waals surface area contributed by atoms with Crippen molar-refractivity contribution in [2.45, 2.75) is 25.9 Å². The van der Waals surface area contributed by atoms with Crippen LogP contribution in [0.5, 0.6) is 0 Å². The maximum absolute atomic E-state index is 12.5. The number of nitrogens with one attached hydrogen (secondary N) is 1. The van der Waals surface area contributed by atoms with Gasteiger partial charge in [0.05, 0.1) is 11.9 Å². The van der Waals surface area contributed by atoms with Crippen LogP contribution in [0.2, 0.25) is 5.02 Å². The second kappa shape index (κ2) is 8.08. The summed E-state index contributed by atoms with van der Waals surface area (Å²) in [6, 6.07) is 15.9. The summed E-state index contributed by atoms with van der Waals surface area (Å²) in [4.78, 5) is 19.9. The molecule has 0 spiro atoms. The summed E-state index contributed by atoms with van der Waals surface area (Å²) in [6.45, 7) is 2.15. The van der Waals surface area contributed by atoms with Crippen LogP contribution < -0.4 is 5.32 Å². The summed E-state index contributed by atoms with van der Waals surface area (Å²) in [6.07, 6.45) is 3.21. The van der Waals surface area contributed by atoms with Crippen molar-refractivity contribution in [3.05, 3.63) is 70.9 Å². The van der Waals surface area contributed by atoms with Gasteiger partial charge in [0.15, 0.2) is 0 Å². The number of carbonyl (C=O) groups excluding carboxylic acids is 1. The number of imidazole rings is 1. The molecule has 2 aromatic carbocycles. The zero-order chi connectivity index (χ0) is 20.5. The number of nitrogens with zero attached hydrogens (tertiary/aromatic N) is 4. The first-order valence-electron chi connectivity index (χ1n) is 9.86. The first kappa shape index (κ1) is 19.1. The predicted octanol–water partition coefficient (Wildman–Crippen LogP) is 4.85. The Morgan fingerprint density at radius 3 is 2.53 bits per heavy atom. The number of fused-ring (bicyclic) bond motifs is 2. The number of rotatable bonds is 6. The highest BCUT2D eigenvalue weighted by Crippen LogP contribution is 2.26. The van der Waals surface area contributed by atoms with Crippen LogP contribution in [0.25, 0.3) is 16.2 Å². The van der Waals surface area contributed by atoms with E-state index in [4.69, 9.17) is 11.6 Å². The average Bonchev–Trinajstić information content (AvgIpc) is 3.44. The molecule has 30 heavy (non-hydrogen) atoms. The van der Waals surface area contributed by atoms with E-state index >= 15 is 0 Å². The molecule has 0 bridgehead atoms. The standard InChI is InChI=1S/C22H20ClN5OS/c23-18-9-7-15(8-10-18)19-14-28-22(25-19)30-21(26-28)24-11-3-6-20(29)27-12-16-4-1-2-5-17(16)13-27/h1-2,4-5,7-10,14H,3,6,11-13H2,(H,24,26). The molecule has 1 aliphatic rings. The zero-order valence-electron chi connectivity index (χ0n) is 16.2. The van der Waals surface area contributed by atoms with Crippen molar-refractivity contribution in [3.63, 3.8) is 0 Å². The summed E-state index contributed by atoms with van der Waals surface area (Å²) in [7, 11) is 0. The van der Waals surface area contributed by atoms with Gasteiger partial charge in [0, 0.05) is 36.6 Å². The molecule has 3 heterocycles. The van der Waals surface area contributed by atoms with Gasteiger partial charge in [0.2, 0.25) is 16.0 Å².